The molecule has 1 aliphatic rings. The Hall–Kier alpha value is -1.35. The summed E-state index contributed by atoms with van der Waals surface area (Å²) in [6, 6.07) is 10.5. The number of rotatable bonds is 2. The first kappa shape index (κ1) is 12.1. The van der Waals surface area contributed by atoms with Gasteiger partial charge >= 0.3 is 0 Å². The highest BCUT2D eigenvalue weighted by Crippen LogP contribution is 2.34. The lowest BCUT2D eigenvalue weighted by Crippen LogP contribution is -2.32. The molecule has 3 heteroatoms. The van der Waals surface area contributed by atoms with Crippen molar-refractivity contribution >= 4 is 5.91 Å². The molecule has 1 fully saturated rings. The molecule has 1 aromatic carbocycles. The topological polar surface area (TPSA) is 46.3 Å². The lowest BCUT2D eigenvalue weighted by atomic mass is 9.85. The lowest BCUT2D eigenvalue weighted by Gasteiger charge is -2.21. The van der Waals surface area contributed by atoms with Crippen molar-refractivity contribution in [3.05, 3.63) is 35.9 Å². The van der Waals surface area contributed by atoms with Crippen molar-refractivity contribution in [2.75, 3.05) is 13.1 Å². The number of nitrogens with zero attached hydrogens (tertiary/aromatic N) is 1. The molecule has 0 saturated carbocycles. The van der Waals surface area contributed by atoms with Gasteiger partial charge in [0.05, 0.1) is 0 Å². The van der Waals surface area contributed by atoms with Crippen molar-refractivity contribution in [2.45, 2.75) is 25.8 Å². The molecule has 0 aliphatic carbocycles. The van der Waals surface area contributed by atoms with Gasteiger partial charge in [-0.05, 0) is 18.4 Å². The minimum absolute atomic E-state index is 0.115. The predicted octanol–water partition coefficient (Wildman–Crippen LogP) is 1.60. The summed E-state index contributed by atoms with van der Waals surface area (Å²) in [7, 11) is 0. The highest BCUT2D eigenvalue weighted by atomic mass is 16.2. The molecule has 1 heterocycles. The number of carbonyl (C=O) groups is 1. The number of likely N-dealkylation sites (tertiary alicyclic amines) is 1. The van der Waals surface area contributed by atoms with E-state index in [2.05, 4.69) is 12.1 Å². The Labute approximate surface area is 103 Å². The summed E-state index contributed by atoms with van der Waals surface area (Å²) in [6.07, 6.45) is 0. The molecule has 1 saturated heterocycles. The molecule has 3 atom stereocenters. The fraction of sp³-hybridized carbons (Fsp3) is 0.500. The zero-order valence-corrected chi connectivity index (χ0v) is 10.5. The van der Waals surface area contributed by atoms with E-state index in [9.17, 15) is 4.79 Å². The summed E-state index contributed by atoms with van der Waals surface area (Å²) in [5, 5.41) is 0. The SMILES string of the molecule is CC(=O)N1C[C@@H](c2ccccc2)[C@H](C(C)N)C1. The summed E-state index contributed by atoms with van der Waals surface area (Å²) in [5.74, 6) is 0.885. The Morgan fingerprint density at radius 3 is 2.53 bits per heavy atom. The van der Waals surface area contributed by atoms with Gasteiger partial charge in [0.15, 0.2) is 0 Å². The second kappa shape index (κ2) is 4.88. The van der Waals surface area contributed by atoms with Crippen LogP contribution in [0, 0.1) is 5.92 Å². The van der Waals surface area contributed by atoms with E-state index in [4.69, 9.17) is 5.73 Å². The first-order chi connectivity index (χ1) is 8.09. The van der Waals surface area contributed by atoms with E-state index in [1.807, 2.05) is 30.0 Å². The third kappa shape index (κ3) is 2.50. The number of benzene rings is 1. The van der Waals surface area contributed by atoms with Gasteiger partial charge in [-0.2, -0.15) is 0 Å². The van der Waals surface area contributed by atoms with E-state index in [0.717, 1.165) is 13.1 Å². The van der Waals surface area contributed by atoms with Crippen LogP contribution in [0.1, 0.15) is 25.3 Å². The van der Waals surface area contributed by atoms with Gasteiger partial charge in [0.2, 0.25) is 5.91 Å². The van der Waals surface area contributed by atoms with Crippen molar-refractivity contribution in [1.29, 1.82) is 0 Å². The molecule has 1 amide bonds. The van der Waals surface area contributed by atoms with Crippen LogP contribution in [-0.2, 0) is 4.79 Å². The average Bonchev–Trinajstić information content (AvgIpc) is 2.75. The van der Waals surface area contributed by atoms with Crippen molar-refractivity contribution in [3.8, 4) is 0 Å². The van der Waals surface area contributed by atoms with Crippen LogP contribution in [0.3, 0.4) is 0 Å². The van der Waals surface area contributed by atoms with Gasteiger partial charge in [-0.25, -0.2) is 0 Å². The number of amides is 1. The van der Waals surface area contributed by atoms with Crippen LogP contribution in [0.25, 0.3) is 0 Å². The number of hydrogen-bond donors (Lipinski definition) is 1. The molecule has 1 aliphatic heterocycles. The molecule has 2 rings (SSSR count). The zero-order valence-electron chi connectivity index (χ0n) is 10.5. The third-order valence-corrected chi connectivity index (χ3v) is 3.71. The molecule has 0 aromatic heterocycles. The van der Waals surface area contributed by atoms with Crippen LogP contribution in [0.2, 0.25) is 0 Å². The minimum atomic E-state index is 0.115. The van der Waals surface area contributed by atoms with E-state index in [1.165, 1.54) is 5.56 Å². The monoisotopic (exact) mass is 232 g/mol. The van der Waals surface area contributed by atoms with Gasteiger partial charge < -0.3 is 10.6 Å². The molecular formula is C14H20N2O. The second-order valence-corrected chi connectivity index (χ2v) is 4.96. The summed E-state index contributed by atoms with van der Waals surface area (Å²) in [5.41, 5.74) is 7.34. The van der Waals surface area contributed by atoms with Gasteiger partial charge in [-0.15, -0.1) is 0 Å². The average molecular weight is 232 g/mol. The highest BCUT2D eigenvalue weighted by Gasteiger charge is 2.36. The van der Waals surface area contributed by atoms with Crippen LogP contribution in [0.5, 0.6) is 0 Å². The van der Waals surface area contributed by atoms with Crippen LogP contribution in [-0.4, -0.2) is 29.9 Å². The molecule has 1 aromatic rings. The molecule has 0 spiro atoms. The van der Waals surface area contributed by atoms with E-state index in [-0.39, 0.29) is 11.9 Å². The van der Waals surface area contributed by atoms with Crippen LogP contribution < -0.4 is 5.73 Å². The summed E-state index contributed by atoms with van der Waals surface area (Å²) in [4.78, 5) is 13.4. The molecular weight excluding hydrogens is 212 g/mol. The first-order valence-electron chi connectivity index (χ1n) is 6.15. The standard InChI is InChI=1S/C14H20N2O/c1-10(15)13-8-16(11(2)17)9-14(13)12-6-4-3-5-7-12/h3-7,10,13-14H,8-9,15H2,1-2H3/t10?,13-,14-/m0/s1. The normalized spacial score (nSPS) is 25.9. The highest BCUT2D eigenvalue weighted by molar-refractivity contribution is 5.73. The fourth-order valence-electron chi connectivity index (χ4n) is 2.67. The van der Waals surface area contributed by atoms with Crippen molar-refractivity contribution in [3.63, 3.8) is 0 Å². The Morgan fingerprint density at radius 1 is 1.35 bits per heavy atom. The quantitative estimate of drug-likeness (QED) is 0.841. The van der Waals surface area contributed by atoms with Crippen molar-refractivity contribution in [2.24, 2.45) is 11.7 Å². The zero-order chi connectivity index (χ0) is 12.4. The lowest BCUT2D eigenvalue weighted by molar-refractivity contribution is -0.127. The van der Waals surface area contributed by atoms with Gasteiger partial charge in [0.25, 0.3) is 0 Å². The Bertz CT molecular complexity index is 388. The van der Waals surface area contributed by atoms with E-state index in [0.29, 0.717) is 11.8 Å². The van der Waals surface area contributed by atoms with Crippen LogP contribution in [0.15, 0.2) is 30.3 Å². The molecule has 3 nitrogen and oxygen atoms in total. The molecule has 2 N–H and O–H groups in total. The molecule has 0 bridgehead atoms. The summed E-state index contributed by atoms with van der Waals surface area (Å²) in [6.45, 7) is 5.24. The predicted molar refractivity (Wildman–Crippen MR) is 68.6 cm³/mol. The third-order valence-electron chi connectivity index (χ3n) is 3.71. The molecule has 92 valence electrons. The molecule has 17 heavy (non-hydrogen) atoms. The smallest absolute Gasteiger partial charge is 0.219 e. The van der Waals surface area contributed by atoms with Crippen LogP contribution in [0.4, 0.5) is 0 Å². The summed E-state index contributed by atoms with van der Waals surface area (Å²) < 4.78 is 0. The molecule has 0 radical (unpaired) electrons. The van der Waals surface area contributed by atoms with Crippen molar-refractivity contribution < 1.29 is 4.79 Å². The second-order valence-electron chi connectivity index (χ2n) is 4.96. The number of hydrogen-bond acceptors (Lipinski definition) is 2. The maximum absolute atomic E-state index is 11.5. The van der Waals surface area contributed by atoms with E-state index in [1.54, 1.807) is 6.92 Å². The maximum atomic E-state index is 11.5. The largest absolute Gasteiger partial charge is 0.342 e. The number of nitrogens with two attached hydrogens (primary N) is 1. The maximum Gasteiger partial charge on any atom is 0.219 e. The van der Waals surface area contributed by atoms with Gasteiger partial charge in [-0.1, -0.05) is 30.3 Å². The van der Waals surface area contributed by atoms with E-state index < -0.39 is 0 Å². The van der Waals surface area contributed by atoms with Gasteiger partial charge in [-0.3, -0.25) is 4.79 Å². The Morgan fingerprint density at radius 2 is 2.00 bits per heavy atom. The van der Waals surface area contributed by atoms with Gasteiger partial charge in [0, 0.05) is 32.0 Å². The van der Waals surface area contributed by atoms with Gasteiger partial charge in [0.1, 0.15) is 0 Å². The minimum Gasteiger partial charge on any atom is -0.342 e. The van der Waals surface area contributed by atoms with Crippen LogP contribution >= 0.6 is 0 Å². The number of carbonyl (C=O) groups excluding carboxylic acids is 1. The molecule has 1 unspecified atom stereocenters. The Balaban J connectivity index is 2.23. The summed E-state index contributed by atoms with van der Waals surface area (Å²) >= 11 is 0. The van der Waals surface area contributed by atoms with E-state index >= 15 is 0 Å². The fourth-order valence-corrected chi connectivity index (χ4v) is 2.67. The Kier molecular flexibility index (Phi) is 3.48. The first-order valence-corrected chi connectivity index (χ1v) is 6.15. The van der Waals surface area contributed by atoms with Crippen molar-refractivity contribution in [1.82, 2.24) is 4.90 Å².